The summed E-state index contributed by atoms with van der Waals surface area (Å²) >= 11 is 0. The van der Waals surface area contributed by atoms with Gasteiger partial charge in [-0.25, -0.2) is 0 Å². The van der Waals surface area contributed by atoms with Gasteiger partial charge in [0.15, 0.2) is 0 Å². The maximum Gasteiger partial charge on any atom is 0.0623 e. The first-order chi connectivity index (χ1) is 12.8. The molecule has 0 heterocycles. The van der Waals surface area contributed by atoms with Crippen molar-refractivity contribution >= 4 is 35.2 Å². The first kappa shape index (κ1) is 17.4. The van der Waals surface area contributed by atoms with Crippen molar-refractivity contribution in [2.45, 2.75) is 6.92 Å². The molecule has 0 bridgehead atoms. The smallest absolute Gasteiger partial charge is 0.0623 e. The molecule has 0 fully saturated rings. The Morgan fingerprint density at radius 2 is 1.19 bits per heavy atom. The van der Waals surface area contributed by atoms with Gasteiger partial charge < -0.3 is 16.0 Å². The molecule has 0 saturated heterocycles. The Kier molecular flexibility index (Phi) is 5.78. The average Bonchev–Trinajstić information content (AvgIpc) is 2.69. The van der Waals surface area contributed by atoms with Crippen LogP contribution >= 0.6 is 0 Å². The van der Waals surface area contributed by atoms with Gasteiger partial charge in [-0.05, 0) is 31.2 Å². The second kappa shape index (κ2) is 8.62. The fraction of sp³-hybridized carbons (Fsp3) is 0.0909. The van der Waals surface area contributed by atoms with Crippen LogP contribution in [-0.2, 0) is 0 Å². The molecule has 3 rings (SSSR count). The number of anilines is 4. The molecular weight excluding hydrogens is 320 g/mol. The van der Waals surface area contributed by atoms with Gasteiger partial charge in [-0.3, -0.25) is 4.99 Å². The second-order valence-corrected chi connectivity index (χ2v) is 5.74. The zero-order valence-electron chi connectivity index (χ0n) is 14.7. The van der Waals surface area contributed by atoms with Gasteiger partial charge in [0, 0.05) is 41.5 Å². The molecular formula is C22H22N4. The van der Waals surface area contributed by atoms with E-state index in [0.29, 0.717) is 0 Å². The molecule has 0 aromatic heterocycles. The summed E-state index contributed by atoms with van der Waals surface area (Å²) in [6, 6.07) is 23.9. The summed E-state index contributed by atoms with van der Waals surface area (Å²) in [5.41, 5.74) is 5.70. The number of nitrogens with zero attached hydrogens (tertiary/aromatic N) is 1. The van der Waals surface area contributed by atoms with Crippen LogP contribution in [-0.4, -0.2) is 19.0 Å². The first-order valence-corrected chi connectivity index (χ1v) is 8.63. The van der Waals surface area contributed by atoms with Crippen LogP contribution in [0.25, 0.3) is 0 Å². The van der Waals surface area contributed by atoms with Crippen molar-refractivity contribution in [1.82, 2.24) is 0 Å². The van der Waals surface area contributed by atoms with Gasteiger partial charge in [-0.15, -0.1) is 0 Å². The monoisotopic (exact) mass is 342 g/mol. The maximum absolute atomic E-state index is 7.58. The van der Waals surface area contributed by atoms with Gasteiger partial charge in [0.2, 0.25) is 0 Å². The van der Waals surface area contributed by atoms with Crippen LogP contribution in [0, 0.1) is 5.41 Å². The van der Waals surface area contributed by atoms with E-state index in [9.17, 15) is 0 Å². The average molecular weight is 342 g/mol. The molecule has 0 aliphatic heterocycles. The molecule has 0 aliphatic rings. The lowest BCUT2D eigenvalue weighted by Crippen LogP contribution is -2.01. The highest BCUT2D eigenvalue weighted by atomic mass is 15.0. The van der Waals surface area contributed by atoms with Crippen molar-refractivity contribution in [2.75, 3.05) is 17.2 Å². The molecule has 130 valence electrons. The number of rotatable bonds is 7. The molecule has 26 heavy (non-hydrogen) atoms. The zero-order valence-corrected chi connectivity index (χ0v) is 14.7. The van der Waals surface area contributed by atoms with Crippen LogP contribution in [0.1, 0.15) is 18.1 Å². The number of para-hydroxylation sites is 4. The highest BCUT2D eigenvalue weighted by Gasteiger charge is 2.07. The minimum atomic E-state index is 0.757. The molecule has 0 spiro atoms. The number of aliphatic imine (C=N–C) groups is 1. The molecule has 3 aromatic rings. The van der Waals surface area contributed by atoms with E-state index in [0.717, 1.165) is 40.4 Å². The molecule has 0 amide bonds. The van der Waals surface area contributed by atoms with E-state index < -0.39 is 0 Å². The van der Waals surface area contributed by atoms with E-state index in [4.69, 9.17) is 5.41 Å². The lowest BCUT2D eigenvalue weighted by Gasteiger charge is -2.16. The largest absolute Gasteiger partial charge is 0.353 e. The summed E-state index contributed by atoms with van der Waals surface area (Å²) in [4.78, 5) is 4.35. The van der Waals surface area contributed by atoms with Gasteiger partial charge >= 0.3 is 0 Å². The van der Waals surface area contributed by atoms with Crippen LogP contribution in [0.5, 0.6) is 0 Å². The van der Waals surface area contributed by atoms with E-state index in [1.54, 1.807) is 0 Å². The summed E-state index contributed by atoms with van der Waals surface area (Å²) in [5, 5.41) is 14.5. The summed E-state index contributed by atoms with van der Waals surface area (Å²) in [5.74, 6) is 0. The van der Waals surface area contributed by atoms with E-state index >= 15 is 0 Å². The summed E-state index contributed by atoms with van der Waals surface area (Å²) in [6.07, 6.45) is 3.25. The molecule has 4 nitrogen and oxygen atoms in total. The normalized spacial score (nSPS) is 10.7. The standard InChI is InChI=1S/C22H22N4/c1-2-24-16-18-10-4-6-12-20(18)26-22-14-8-7-13-21(22)25-19-11-5-3-9-17(19)15-23/h3-16,23,25-26H,2H2,1H3. The Hall–Kier alpha value is -3.40. The Balaban J connectivity index is 1.91. The van der Waals surface area contributed by atoms with Crippen molar-refractivity contribution < 1.29 is 0 Å². The van der Waals surface area contributed by atoms with Crippen LogP contribution in [0.15, 0.2) is 77.8 Å². The van der Waals surface area contributed by atoms with Gasteiger partial charge in [-0.1, -0.05) is 48.5 Å². The van der Waals surface area contributed by atoms with E-state index in [-0.39, 0.29) is 0 Å². The van der Waals surface area contributed by atoms with Crippen LogP contribution < -0.4 is 10.6 Å². The van der Waals surface area contributed by atoms with Crippen molar-refractivity contribution in [1.29, 1.82) is 5.41 Å². The summed E-state index contributed by atoms with van der Waals surface area (Å²) in [6.45, 7) is 2.78. The van der Waals surface area contributed by atoms with Crippen molar-refractivity contribution in [2.24, 2.45) is 4.99 Å². The fourth-order valence-electron chi connectivity index (χ4n) is 2.64. The Morgan fingerprint density at radius 3 is 1.73 bits per heavy atom. The number of benzene rings is 3. The summed E-state index contributed by atoms with van der Waals surface area (Å²) in [7, 11) is 0. The van der Waals surface area contributed by atoms with Gasteiger partial charge in [0.05, 0.1) is 11.4 Å². The van der Waals surface area contributed by atoms with Crippen molar-refractivity contribution in [3.8, 4) is 0 Å². The minimum Gasteiger partial charge on any atom is -0.353 e. The molecule has 0 aliphatic carbocycles. The van der Waals surface area contributed by atoms with Gasteiger partial charge in [0.25, 0.3) is 0 Å². The zero-order chi connectivity index (χ0) is 18.2. The third-order valence-corrected chi connectivity index (χ3v) is 3.96. The molecule has 0 radical (unpaired) electrons. The third-order valence-electron chi connectivity index (χ3n) is 3.96. The first-order valence-electron chi connectivity index (χ1n) is 8.63. The van der Waals surface area contributed by atoms with Crippen LogP contribution in [0.4, 0.5) is 22.7 Å². The Bertz CT molecular complexity index is 915. The highest BCUT2D eigenvalue weighted by Crippen LogP contribution is 2.30. The molecule has 3 N–H and O–H groups in total. The molecule has 0 unspecified atom stereocenters. The number of nitrogens with one attached hydrogen (secondary N) is 3. The van der Waals surface area contributed by atoms with E-state index in [1.807, 2.05) is 85.9 Å². The van der Waals surface area contributed by atoms with Crippen molar-refractivity contribution in [3.05, 3.63) is 83.9 Å². The lowest BCUT2D eigenvalue weighted by molar-refractivity contribution is 1.14. The van der Waals surface area contributed by atoms with Crippen LogP contribution in [0.2, 0.25) is 0 Å². The van der Waals surface area contributed by atoms with E-state index in [2.05, 4.69) is 15.6 Å². The SMILES string of the molecule is CCN=Cc1ccccc1Nc1ccccc1Nc1ccccc1C=N. The predicted octanol–water partition coefficient (Wildman–Crippen LogP) is 5.61. The van der Waals surface area contributed by atoms with Gasteiger partial charge in [0.1, 0.15) is 0 Å². The topological polar surface area (TPSA) is 60.3 Å². The van der Waals surface area contributed by atoms with Gasteiger partial charge in [-0.2, -0.15) is 0 Å². The third kappa shape index (κ3) is 4.16. The molecule has 0 saturated carbocycles. The molecule has 3 aromatic carbocycles. The van der Waals surface area contributed by atoms with Crippen LogP contribution in [0.3, 0.4) is 0 Å². The molecule has 0 atom stereocenters. The second-order valence-electron chi connectivity index (χ2n) is 5.74. The number of hydrogen-bond donors (Lipinski definition) is 3. The predicted molar refractivity (Wildman–Crippen MR) is 112 cm³/mol. The lowest BCUT2D eigenvalue weighted by atomic mass is 10.1. The number of hydrogen-bond acceptors (Lipinski definition) is 4. The quantitative estimate of drug-likeness (QED) is 0.489. The Labute approximate surface area is 154 Å². The highest BCUT2D eigenvalue weighted by molar-refractivity contribution is 5.92. The fourth-order valence-corrected chi connectivity index (χ4v) is 2.64. The minimum absolute atomic E-state index is 0.757. The Morgan fingerprint density at radius 1 is 0.731 bits per heavy atom. The van der Waals surface area contributed by atoms with Crippen molar-refractivity contribution in [3.63, 3.8) is 0 Å². The van der Waals surface area contributed by atoms with E-state index in [1.165, 1.54) is 6.21 Å². The maximum atomic E-state index is 7.58. The summed E-state index contributed by atoms with van der Waals surface area (Å²) < 4.78 is 0. The molecule has 4 heteroatoms.